The minimum atomic E-state index is -0.247. The summed E-state index contributed by atoms with van der Waals surface area (Å²) >= 11 is 0. The van der Waals surface area contributed by atoms with Gasteiger partial charge in [-0.05, 0) is 31.0 Å². The maximum atomic E-state index is 13.3. The predicted molar refractivity (Wildman–Crippen MR) is 81.1 cm³/mol. The van der Waals surface area contributed by atoms with Crippen molar-refractivity contribution < 1.29 is 9.18 Å². The van der Waals surface area contributed by atoms with E-state index in [2.05, 4.69) is 20.2 Å². The molecule has 0 radical (unpaired) electrons. The molecule has 1 aromatic heterocycles. The van der Waals surface area contributed by atoms with Gasteiger partial charge in [0.2, 0.25) is 0 Å². The highest BCUT2D eigenvalue weighted by Gasteiger charge is 2.22. The van der Waals surface area contributed by atoms with Gasteiger partial charge in [-0.15, -0.1) is 0 Å². The topological polar surface area (TPSA) is 58.1 Å². The van der Waals surface area contributed by atoms with Gasteiger partial charge in [-0.2, -0.15) is 0 Å². The summed E-state index contributed by atoms with van der Waals surface area (Å²) in [5.41, 5.74) is 1.16. The lowest BCUT2D eigenvalue weighted by Crippen LogP contribution is -2.48. The molecule has 5 nitrogen and oxygen atoms in total. The van der Waals surface area contributed by atoms with Gasteiger partial charge < -0.3 is 10.2 Å². The molecule has 1 N–H and O–H groups in total. The molecule has 0 spiro atoms. The minimum Gasteiger partial charge on any atom is -0.369 e. The molecule has 1 aromatic carbocycles. The lowest BCUT2D eigenvalue weighted by molar-refractivity contribution is 0.0927. The summed E-state index contributed by atoms with van der Waals surface area (Å²) in [6.45, 7) is 1.52. The highest BCUT2D eigenvalue weighted by atomic mass is 19.1. The van der Waals surface area contributed by atoms with Gasteiger partial charge in [0.05, 0.1) is 6.20 Å². The molecule has 1 atom stereocenters. The van der Waals surface area contributed by atoms with Gasteiger partial charge in [-0.25, -0.2) is 9.37 Å². The van der Waals surface area contributed by atoms with Crippen LogP contribution in [-0.2, 0) is 0 Å². The minimum absolute atomic E-state index is 0.0199. The van der Waals surface area contributed by atoms with Gasteiger partial charge in [0.15, 0.2) is 0 Å². The van der Waals surface area contributed by atoms with Crippen LogP contribution in [0.25, 0.3) is 0 Å². The zero-order valence-corrected chi connectivity index (χ0v) is 12.1. The highest BCUT2D eigenvalue weighted by Crippen LogP contribution is 2.20. The van der Waals surface area contributed by atoms with Gasteiger partial charge in [0.25, 0.3) is 5.91 Å². The first-order chi connectivity index (χ1) is 10.7. The summed E-state index contributed by atoms with van der Waals surface area (Å²) in [6, 6.07) is 6.56. The highest BCUT2D eigenvalue weighted by molar-refractivity contribution is 5.92. The SMILES string of the molecule is O=C(N[C@@H]1CCCN(c2cccc(F)c2)C1)c1cnccn1. The van der Waals surface area contributed by atoms with E-state index in [1.807, 2.05) is 6.07 Å². The van der Waals surface area contributed by atoms with Gasteiger partial charge in [0, 0.05) is 37.2 Å². The van der Waals surface area contributed by atoms with Crippen LogP contribution in [0, 0.1) is 5.82 Å². The second-order valence-electron chi connectivity index (χ2n) is 5.33. The number of halogens is 1. The number of piperidine rings is 1. The normalized spacial score (nSPS) is 18.0. The molecule has 1 saturated heterocycles. The van der Waals surface area contributed by atoms with Gasteiger partial charge in [-0.3, -0.25) is 9.78 Å². The van der Waals surface area contributed by atoms with Crippen LogP contribution in [0.1, 0.15) is 23.3 Å². The zero-order chi connectivity index (χ0) is 15.4. The third-order valence-corrected chi connectivity index (χ3v) is 3.73. The lowest BCUT2D eigenvalue weighted by Gasteiger charge is -2.34. The van der Waals surface area contributed by atoms with Gasteiger partial charge >= 0.3 is 0 Å². The summed E-state index contributed by atoms with van der Waals surface area (Å²) < 4.78 is 13.3. The van der Waals surface area contributed by atoms with Crippen molar-refractivity contribution in [2.24, 2.45) is 0 Å². The number of amides is 1. The van der Waals surface area contributed by atoms with E-state index in [9.17, 15) is 9.18 Å². The second-order valence-corrected chi connectivity index (χ2v) is 5.33. The van der Waals surface area contributed by atoms with Crippen LogP contribution in [0.4, 0.5) is 10.1 Å². The Morgan fingerprint density at radius 2 is 2.27 bits per heavy atom. The number of carbonyl (C=O) groups excluding carboxylic acids is 1. The summed E-state index contributed by atoms with van der Waals surface area (Å²) in [7, 11) is 0. The van der Waals surface area contributed by atoms with E-state index in [1.165, 1.54) is 30.7 Å². The molecule has 2 aromatic rings. The Morgan fingerprint density at radius 3 is 3.05 bits per heavy atom. The Balaban J connectivity index is 1.65. The van der Waals surface area contributed by atoms with E-state index in [0.717, 1.165) is 25.1 Å². The molecular weight excluding hydrogens is 283 g/mol. The average Bonchev–Trinajstić information content (AvgIpc) is 2.56. The molecule has 114 valence electrons. The van der Waals surface area contributed by atoms with Crippen LogP contribution in [0.15, 0.2) is 42.9 Å². The van der Waals surface area contributed by atoms with Gasteiger partial charge in [0.1, 0.15) is 11.5 Å². The van der Waals surface area contributed by atoms with Crippen molar-refractivity contribution >= 4 is 11.6 Å². The number of nitrogens with zero attached hydrogens (tertiary/aromatic N) is 3. The first kappa shape index (κ1) is 14.4. The number of nitrogens with one attached hydrogen (secondary N) is 1. The molecule has 1 amide bonds. The molecule has 3 rings (SSSR count). The van der Waals surface area contributed by atoms with E-state index >= 15 is 0 Å². The molecule has 0 saturated carbocycles. The largest absolute Gasteiger partial charge is 0.369 e. The summed E-state index contributed by atoms with van der Waals surface area (Å²) in [4.78, 5) is 22.1. The Bertz CT molecular complexity index is 650. The fourth-order valence-electron chi connectivity index (χ4n) is 2.68. The molecule has 0 aliphatic carbocycles. The zero-order valence-electron chi connectivity index (χ0n) is 12.1. The molecule has 0 unspecified atom stereocenters. The van der Waals surface area contributed by atoms with Crippen molar-refractivity contribution in [2.45, 2.75) is 18.9 Å². The van der Waals surface area contributed by atoms with E-state index in [4.69, 9.17) is 0 Å². The standard InChI is InChI=1S/C16H17FN4O/c17-12-3-1-5-14(9-12)21-8-2-4-13(11-21)20-16(22)15-10-18-6-7-19-15/h1,3,5-7,9-10,13H,2,4,8,11H2,(H,20,22)/t13-/m1/s1. The first-order valence-electron chi connectivity index (χ1n) is 7.30. The maximum absolute atomic E-state index is 13.3. The smallest absolute Gasteiger partial charge is 0.271 e. The van der Waals surface area contributed by atoms with Crippen LogP contribution >= 0.6 is 0 Å². The second kappa shape index (κ2) is 6.51. The van der Waals surface area contributed by atoms with Crippen LogP contribution in [0.2, 0.25) is 0 Å². The molecule has 1 aliphatic rings. The van der Waals surface area contributed by atoms with Crippen LogP contribution in [-0.4, -0.2) is 35.0 Å². The fourth-order valence-corrected chi connectivity index (χ4v) is 2.68. The summed E-state index contributed by atoms with van der Waals surface area (Å²) in [5.74, 6) is -0.470. The van der Waals surface area contributed by atoms with Crippen molar-refractivity contribution in [1.82, 2.24) is 15.3 Å². The molecule has 2 heterocycles. The maximum Gasteiger partial charge on any atom is 0.271 e. The van der Waals surface area contributed by atoms with Crippen LogP contribution < -0.4 is 10.2 Å². The number of hydrogen-bond acceptors (Lipinski definition) is 4. The number of aromatic nitrogens is 2. The molecule has 22 heavy (non-hydrogen) atoms. The Labute approximate surface area is 128 Å². The van der Waals surface area contributed by atoms with Crippen molar-refractivity contribution in [1.29, 1.82) is 0 Å². The lowest BCUT2D eigenvalue weighted by atomic mass is 10.0. The molecule has 0 bridgehead atoms. The van der Waals surface area contributed by atoms with Gasteiger partial charge in [-0.1, -0.05) is 6.07 Å². The van der Waals surface area contributed by atoms with Crippen LogP contribution in [0.5, 0.6) is 0 Å². The Morgan fingerprint density at radius 1 is 1.36 bits per heavy atom. The Kier molecular flexibility index (Phi) is 4.27. The molecular formula is C16H17FN4O. The van der Waals surface area contributed by atoms with Crippen molar-refractivity contribution in [2.75, 3.05) is 18.0 Å². The average molecular weight is 300 g/mol. The molecule has 6 heteroatoms. The van der Waals surface area contributed by atoms with Crippen molar-refractivity contribution in [3.8, 4) is 0 Å². The number of benzene rings is 1. The van der Waals surface area contributed by atoms with E-state index in [1.54, 1.807) is 6.07 Å². The number of rotatable bonds is 3. The van der Waals surface area contributed by atoms with Crippen molar-refractivity contribution in [3.63, 3.8) is 0 Å². The van der Waals surface area contributed by atoms with E-state index < -0.39 is 0 Å². The third-order valence-electron chi connectivity index (χ3n) is 3.73. The van der Waals surface area contributed by atoms with Crippen molar-refractivity contribution in [3.05, 3.63) is 54.4 Å². The number of carbonyl (C=O) groups is 1. The molecule has 1 fully saturated rings. The predicted octanol–water partition coefficient (Wildman–Crippen LogP) is 2.01. The van der Waals surface area contributed by atoms with Crippen LogP contribution in [0.3, 0.4) is 0 Å². The summed E-state index contributed by atoms with van der Waals surface area (Å²) in [6.07, 6.45) is 6.32. The fraction of sp³-hybridized carbons (Fsp3) is 0.312. The number of hydrogen-bond donors (Lipinski definition) is 1. The monoisotopic (exact) mass is 300 g/mol. The quantitative estimate of drug-likeness (QED) is 0.942. The van der Waals surface area contributed by atoms with E-state index in [0.29, 0.717) is 12.2 Å². The first-order valence-corrected chi connectivity index (χ1v) is 7.30. The summed E-state index contributed by atoms with van der Waals surface area (Å²) in [5, 5.41) is 2.97. The molecule has 1 aliphatic heterocycles. The van der Waals surface area contributed by atoms with E-state index in [-0.39, 0.29) is 17.8 Å². The Hall–Kier alpha value is -2.50. The third kappa shape index (κ3) is 3.39. The number of anilines is 1.